The fourth-order valence-corrected chi connectivity index (χ4v) is 2.49. The van der Waals surface area contributed by atoms with Crippen LogP contribution in [0.3, 0.4) is 0 Å². The van der Waals surface area contributed by atoms with Crippen molar-refractivity contribution in [2.24, 2.45) is 5.92 Å². The average molecular weight is 285 g/mol. The molecule has 0 spiro atoms. The molecule has 1 aliphatic carbocycles. The highest BCUT2D eigenvalue weighted by Crippen LogP contribution is 2.32. The van der Waals surface area contributed by atoms with E-state index in [2.05, 4.69) is 6.58 Å². The summed E-state index contributed by atoms with van der Waals surface area (Å²) in [6, 6.07) is 5.11. The predicted molar refractivity (Wildman–Crippen MR) is 83.3 cm³/mol. The summed E-state index contributed by atoms with van der Waals surface area (Å²) in [7, 11) is 0. The molecule has 1 fully saturated rings. The van der Waals surface area contributed by atoms with E-state index < -0.39 is 0 Å². The minimum Gasteiger partial charge on any atom is -0.493 e. The van der Waals surface area contributed by atoms with Crippen LogP contribution in [0.5, 0.6) is 5.75 Å². The lowest BCUT2D eigenvalue weighted by Crippen LogP contribution is -2.21. The molecule has 1 saturated carbocycles. The largest absolute Gasteiger partial charge is 0.493 e. The molecule has 2 nitrogen and oxygen atoms in total. The Morgan fingerprint density at radius 2 is 2.19 bits per heavy atom. The van der Waals surface area contributed by atoms with Crippen molar-refractivity contribution in [2.45, 2.75) is 19.8 Å². The lowest BCUT2D eigenvalue weighted by Gasteiger charge is -2.29. The number of rotatable bonds is 5. The third-order valence-electron chi connectivity index (χ3n) is 3.90. The van der Waals surface area contributed by atoms with Gasteiger partial charge in [0, 0.05) is 23.9 Å². The molecular weight excluding hydrogens is 265 g/mol. The van der Waals surface area contributed by atoms with E-state index in [1.54, 1.807) is 6.07 Å². The summed E-state index contributed by atoms with van der Waals surface area (Å²) in [5.41, 5.74) is 2.31. The number of benzene rings is 1. The normalized spacial score (nSPS) is 17.9. The number of likely N-dealkylation sites (N-methyl/N-ethyl adjacent to an activating group) is 1. The summed E-state index contributed by atoms with van der Waals surface area (Å²) in [5, 5.41) is 0. The lowest BCUT2D eigenvalue weighted by molar-refractivity contribution is 0.298. The molecule has 0 radical (unpaired) electrons. The summed E-state index contributed by atoms with van der Waals surface area (Å²) in [6.45, 7) is 7.48. The van der Waals surface area contributed by atoms with E-state index in [4.69, 9.17) is 4.74 Å². The van der Waals surface area contributed by atoms with Gasteiger partial charge < -0.3 is 9.64 Å². The van der Waals surface area contributed by atoms with Gasteiger partial charge in [-0.2, -0.15) is 0 Å². The van der Waals surface area contributed by atoms with E-state index in [1.165, 1.54) is 18.9 Å². The van der Waals surface area contributed by atoms with Gasteiger partial charge in [-0.1, -0.05) is 12.7 Å². The molecular formula is C18H20FNO. The SMILES string of the molecule is C=C1C=CC=C(c2ccc(OCC3CC3)cc2F)N1CC. The second kappa shape index (κ2) is 5.76. The first-order valence-corrected chi connectivity index (χ1v) is 7.46. The van der Waals surface area contributed by atoms with Crippen LogP contribution in [-0.4, -0.2) is 18.1 Å². The van der Waals surface area contributed by atoms with Crippen LogP contribution in [0.25, 0.3) is 5.70 Å². The topological polar surface area (TPSA) is 12.5 Å². The molecule has 0 amide bonds. The molecule has 3 heteroatoms. The zero-order valence-corrected chi connectivity index (χ0v) is 12.3. The molecule has 0 atom stereocenters. The molecule has 0 aromatic heterocycles. The summed E-state index contributed by atoms with van der Waals surface area (Å²) < 4.78 is 20.0. The first-order valence-electron chi connectivity index (χ1n) is 7.46. The van der Waals surface area contributed by atoms with Crippen molar-refractivity contribution >= 4 is 5.70 Å². The van der Waals surface area contributed by atoms with Gasteiger partial charge in [0.1, 0.15) is 11.6 Å². The van der Waals surface area contributed by atoms with E-state index in [9.17, 15) is 4.39 Å². The Kier molecular flexibility index (Phi) is 3.82. The van der Waals surface area contributed by atoms with Crippen LogP contribution in [0, 0.1) is 11.7 Å². The standard InChI is InChI=1S/C18H20FNO/c1-3-20-13(2)5-4-6-18(20)16-10-9-15(11-17(16)19)21-12-14-7-8-14/h4-6,9-11,14H,2-3,7-8,12H2,1H3. The van der Waals surface area contributed by atoms with Gasteiger partial charge >= 0.3 is 0 Å². The van der Waals surface area contributed by atoms with Crippen molar-refractivity contribution in [1.82, 2.24) is 4.90 Å². The van der Waals surface area contributed by atoms with Crippen molar-refractivity contribution < 1.29 is 9.13 Å². The highest BCUT2D eigenvalue weighted by molar-refractivity contribution is 5.70. The Morgan fingerprint density at radius 3 is 2.86 bits per heavy atom. The molecule has 0 bridgehead atoms. The van der Waals surface area contributed by atoms with Crippen LogP contribution < -0.4 is 4.74 Å². The average Bonchev–Trinajstić information content (AvgIpc) is 3.29. The fraction of sp³-hybridized carbons (Fsp3) is 0.333. The van der Waals surface area contributed by atoms with Gasteiger partial charge in [0.15, 0.2) is 0 Å². The molecule has 110 valence electrons. The zero-order valence-electron chi connectivity index (χ0n) is 12.3. The van der Waals surface area contributed by atoms with Crippen molar-refractivity contribution in [1.29, 1.82) is 0 Å². The van der Waals surface area contributed by atoms with Gasteiger partial charge in [0.25, 0.3) is 0 Å². The van der Waals surface area contributed by atoms with Crippen LogP contribution in [-0.2, 0) is 0 Å². The second-order valence-corrected chi connectivity index (χ2v) is 5.54. The molecule has 1 heterocycles. The second-order valence-electron chi connectivity index (χ2n) is 5.54. The van der Waals surface area contributed by atoms with Crippen molar-refractivity contribution in [2.75, 3.05) is 13.2 Å². The molecule has 1 aromatic carbocycles. The Labute approximate surface area is 125 Å². The highest BCUT2D eigenvalue weighted by atomic mass is 19.1. The molecule has 0 unspecified atom stereocenters. The molecule has 2 aliphatic rings. The number of ether oxygens (including phenoxy) is 1. The summed E-state index contributed by atoms with van der Waals surface area (Å²) in [6.07, 6.45) is 8.21. The zero-order chi connectivity index (χ0) is 14.8. The molecule has 21 heavy (non-hydrogen) atoms. The number of allylic oxidation sites excluding steroid dienone is 3. The van der Waals surface area contributed by atoms with E-state index >= 15 is 0 Å². The third kappa shape index (κ3) is 3.02. The Hall–Kier alpha value is -2.03. The molecule has 1 aromatic rings. The van der Waals surface area contributed by atoms with E-state index in [1.807, 2.05) is 36.1 Å². The fourth-order valence-electron chi connectivity index (χ4n) is 2.49. The van der Waals surface area contributed by atoms with E-state index in [0.717, 1.165) is 17.9 Å². The van der Waals surface area contributed by atoms with Gasteiger partial charge in [-0.05, 0) is 50.0 Å². The highest BCUT2D eigenvalue weighted by Gasteiger charge is 2.22. The van der Waals surface area contributed by atoms with Gasteiger partial charge in [0.2, 0.25) is 0 Å². The summed E-state index contributed by atoms with van der Waals surface area (Å²) in [4.78, 5) is 2.00. The summed E-state index contributed by atoms with van der Waals surface area (Å²) >= 11 is 0. The monoisotopic (exact) mass is 285 g/mol. The van der Waals surface area contributed by atoms with Gasteiger partial charge in [-0.25, -0.2) is 4.39 Å². The first-order chi connectivity index (χ1) is 10.2. The van der Waals surface area contributed by atoms with E-state index in [-0.39, 0.29) is 5.82 Å². The van der Waals surface area contributed by atoms with Crippen LogP contribution in [0.4, 0.5) is 4.39 Å². The third-order valence-corrected chi connectivity index (χ3v) is 3.90. The molecule has 1 aliphatic heterocycles. The quantitative estimate of drug-likeness (QED) is 0.797. The minimum atomic E-state index is -0.254. The molecule has 3 rings (SSSR count). The van der Waals surface area contributed by atoms with Gasteiger partial charge in [-0.15, -0.1) is 0 Å². The lowest BCUT2D eigenvalue weighted by atomic mass is 10.1. The smallest absolute Gasteiger partial charge is 0.136 e. The Balaban J connectivity index is 1.82. The van der Waals surface area contributed by atoms with Crippen LogP contribution in [0.2, 0.25) is 0 Å². The number of nitrogens with zero attached hydrogens (tertiary/aromatic N) is 1. The van der Waals surface area contributed by atoms with Gasteiger partial charge in [-0.3, -0.25) is 0 Å². The Bertz CT molecular complexity index is 614. The minimum absolute atomic E-state index is 0.254. The maximum absolute atomic E-state index is 14.4. The maximum atomic E-state index is 14.4. The number of hydrogen-bond acceptors (Lipinski definition) is 2. The van der Waals surface area contributed by atoms with Crippen LogP contribution in [0.15, 0.2) is 48.7 Å². The van der Waals surface area contributed by atoms with Gasteiger partial charge in [0.05, 0.1) is 12.3 Å². The summed E-state index contributed by atoms with van der Waals surface area (Å²) in [5.74, 6) is 1.02. The van der Waals surface area contributed by atoms with Crippen molar-refractivity contribution in [3.8, 4) is 5.75 Å². The molecule has 0 saturated heterocycles. The number of halogens is 1. The predicted octanol–water partition coefficient (Wildman–Crippen LogP) is 4.36. The maximum Gasteiger partial charge on any atom is 0.136 e. The number of hydrogen-bond donors (Lipinski definition) is 0. The van der Waals surface area contributed by atoms with Crippen LogP contribution >= 0.6 is 0 Å². The van der Waals surface area contributed by atoms with E-state index in [0.29, 0.717) is 23.8 Å². The van der Waals surface area contributed by atoms with Crippen molar-refractivity contribution in [3.63, 3.8) is 0 Å². The van der Waals surface area contributed by atoms with Crippen LogP contribution in [0.1, 0.15) is 25.3 Å². The van der Waals surface area contributed by atoms with Crippen molar-refractivity contribution in [3.05, 3.63) is 60.1 Å². The first kappa shape index (κ1) is 13.9. The molecule has 0 N–H and O–H groups in total. The Morgan fingerprint density at radius 1 is 1.38 bits per heavy atom.